The standard InChI is InChI=1S/C17H28N2O4/c1-8-9-13-12(18-14(20)22-16(2,3)4)10-11-19(13)15(21)23-17(5,6)7/h1,12-13H,9-11H2,2-7H3,(H,18,20)/t12-,13+/m0/s1. The van der Waals surface area contributed by atoms with Gasteiger partial charge in [-0.2, -0.15) is 0 Å². The van der Waals surface area contributed by atoms with Gasteiger partial charge in [-0.3, -0.25) is 0 Å². The molecule has 1 rings (SSSR count). The monoisotopic (exact) mass is 324 g/mol. The first-order valence-electron chi connectivity index (χ1n) is 7.85. The molecule has 0 aromatic rings. The van der Waals surface area contributed by atoms with Gasteiger partial charge in [-0.25, -0.2) is 9.59 Å². The second kappa shape index (κ2) is 7.12. The van der Waals surface area contributed by atoms with E-state index < -0.39 is 23.4 Å². The van der Waals surface area contributed by atoms with E-state index in [2.05, 4.69) is 11.2 Å². The molecule has 0 radical (unpaired) electrons. The Labute approximate surface area is 138 Å². The van der Waals surface area contributed by atoms with Crippen molar-refractivity contribution in [2.24, 2.45) is 0 Å². The second-order valence-electron chi connectivity index (χ2n) is 7.69. The molecule has 1 saturated heterocycles. The van der Waals surface area contributed by atoms with E-state index in [1.54, 1.807) is 25.7 Å². The van der Waals surface area contributed by atoms with Crippen LogP contribution in [0.25, 0.3) is 0 Å². The van der Waals surface area contributed by atoms with Gasteiger partial charge >= 0.3 is 12.2 Å². The maximum absolute atomic E-state index is 12.3. The topological polar surface area (TPSA) is 67.9 Å². The lowest BCUT2D eigenvalue weighted by Gasteiger charge is -2.30. The zero-order chi connectivity index (χ0) is 17.8. The number of nitrogens with one attached hydrogen (secondary N) is 1. The quantitative estimate of drug-likeness (QED) is 0.793. The summed E-state index contributed by atoms with van der Waals surface area (Å²) in [4.78, 5) is 25.8. The van der Waals surface area contributed by atoms with E-state index in [4.69, 9.17) is 15.9 Å². The first-order chi connectivity index (χ1) is 10.4. The first-order valence-corrected chi connectivity index (χ1v) is 7.85. The van der Waals surface area contributed by atoms with E-state index >= 15 is 0 Å². The number of ether oxygens (including phenoxy) is 2. The molecule has 6 heteroatoms. The van der Waals surface area contributed by atoms with Crippen molar-refractivity contribution < 1.29 is 19.1 Å². The van der Waals surface area contributed by atoms with Gasteiger partial charge in [0.2, 0.25) is 0 Å². The highest BCUT2D eigenvalue weighted by molar-refractivity contribution is 5.71. The molecule has 1 N–H and O–H groups in total. The maximum Gasteiger partial charge on any atom is 0.410 e. The van der Waals surface area contributed by atoms with Crippen molar-refractivity contribution in [1.82, 2.24) is 10.2 Å². The van der Waals surface area contributed by atoms with Gasteiger partial charge in [-0.15, -0.1) is 12.3 Å². The third kappa shape index (κ3) is 6.39. The minimum atomic E-state index is -0.575. The fourth-order valence-electron chi connectivity index (χ4n) is 2.40. The van der Waals surface area contributed by atoms with Crippen LogP contribution in [0, 0.1) is 12.3 Å². The molecule has 0 bridgehead atoms. The number of terminal acetylenes is 1. The molecule has 0 spiro atoms. The zero-order valence-electron chi connectivity index (χ0n) is 14.9. The molecule has 1 aliphatic heterocycles. The molecule has 1 heterocycles. The number of hydrogen-bond donors (Lipinski definition) is 1. The van der Waals surface area contributed by atoms with E-state index in [1.807, 2.05) is 20.8 Å². The predicted octanol–water partition coefficient (Wildman–Crippen LogP) is 2.91. The number of likely N-dealkylation sites (tertiary alicyclic amines) is 1. The normalized spacial score (nSPS) is 21.5. The van der Waals surface area contributed by atoms with Crippen molar-refractivity contribution in [3.05, 3.63) is 0 Å². The van der Waals surface area contributed by atoms with Crippen LogP contribution in [0.15, 0.2) is 0 Å². The zero-order valence-corrected chi connectivity index (χ0v) is 14.9. The smallest absolute Gasteiger partial charge is 0.410 e. The van der Waals surface area contributed by atoms with Crippen LogP contribution < -0.4 is 5.32 Å². The highest BCUT2D eigenvalue weighted by Crippen LogP contribution is 2.24. The van der Waals surface area contributed by atoms with Crippen molar-refractivity contribution in [1.29, 1.82) is 0 Å². The third-order valence-corrected chi connectivity index (χ3v) is 3.20. The van der Waals surface area contributed by atoms with Crippen molar-refractivity contribution in [2.75, 3.05) is 6.54 Å². The van der Waals surface area contributed by atoms with Crippen LogP contribution in [-0.2, 0) is 9.47 Å². The second-order valence-corrected chi connectivity index (χ2v) is 7.69. The molecule has 0 saturated carbocycles. The largest absolute Gasteiger partial charge is 0.444 e. The number of amides is 2. The summed E-state index contributed by atoms with van der Waals surface area (Å²) in [5, 5.41) is 2.81. The number of carbonyl (C=O) groups is 2. The molecule has 1 aliphatic rings. The lowest BCUT2D eigenvalue weighted by molar-refractivity contribution is 0.0206. The Balaban J connectivity index is 2.74. The Morgan fingerprint density at radius 1 is 1.17 bits per heavy atom. The third-order valence-electron chi connectivity index (χ3n) is 3.20. The van der Waals surface area contributed by atoms with Gasteiger partial charge in [-0.05, 0) is 48.0 Å². The molecule has 6 nitrogen and oxygen atoms in total. The molecular formula is C17H28N2O4. The summed E-state index contributed by atoms with van der Waals surface area (Å²) >= 11 is 0. The lowest BCUT2D eigenvalue weighted by atomic mass is 10.1. The minimum Gasteiger partial charge on any atom is -0.444 e. The fourth-order valence-corrected chi connectivity index (χ4v) is 2.40. The van der Waals surface area contributed by atoms with Crippen molar-refractivity contribution in [2.45, 2.75) is 77.7 Å². The molecule has 0 aromatic carbocycles. The highest BCUT2D eigenvalue weighted by atomic mass is 16.6. The summed E-state index contributed by atoms with van der Waals surface area (Å²) in [5.74, 6) is 2.57. The number of nitrogens with zero attached hydrogens (tertiary/aromatic N) is 1. The van der Waals surface area contributed by atoms with Gasteiger partial charge in [0.05, 0.1) is 12.1 Å². The number of carbonyl (C=O) groups excluding carboxylic acids is 2. The summed E-state index contributed by atoms with van der Waals surface area (Å²) in [6, 6.07) is -0.532. The molecule has 130 valence electrons. The molecule has 0 aromatic heterocycles. The van der Waals surface area contributed by atoms with Crippen LogP contribution in [0.3, 0.4) is 0 Å². The summed E-state index contributed by atoms with van der Waals surface area (Å²) in [6.45, 7) is 11.3. The molecular weight excluding hydrogens is 296 g/mol. The van der Waals surface area contributed by atoms with Gasteiger partial charge in [0.1, 0.15) is 11.2 Å². The van der Waals surface area contributed by atoms with Crippen LogP contribution in [-0.4, -0.2) is 46.9 Å². The number of hydrogen-bond acceptors (Lipinski definition) is 4. The van der Waals surface area contributed by atoms with Crippen molar-refractivity contribution >= 4 is 12.2 Å². The summed E-state index contributed by atoms with van der Waals surface area (Å²) in [5.41, 5.74) is -1.15. The fraction of sp³-hybridized carbons (Fsp3) is 0.765. The van der Waals surface area contributed by atoms with E-state index in [0.29, 0.717) is 19.4 Å². The summed E-state index contributed by atoms with van der Waals surface area (Å²) < 4.78 is 10.7. The Morgan fingerprint density at radius 2 is 1.74 bits per heavy atom. The van der Waals surface area contributed by atoms with Crippen LogP contribution in [0.1, 0.15) is 54.4 Å². The molecule has 2 atom stereocenters. The predicted molar refractivity (Wildman–Crippen MR) is 88.0 cm³/mol. The van der Waals surface area contributed by atoms with E-state index in [9.17, 15) is 9.59 Å². The maximum atomic E-state index is 12.3. The Hall–Kier alpha value is -1.90. The first kappa shape index (κ1) is 19.1. The van der Waals surface area contributed by atoms with E-state index in [0.717, 1.165) is 0 Å². The average molecular weight is 324 g/mol. The van der Waals surface area contributed by atoms with E-state index in [1.165, 1.54) is 0 Å². The molecule has 0 unspecified atom stereocenters. The highest BCUT2D eigenvalue weighted by Gasteiger charge is 2.39. The van der Waals surface area contributed by atoms with Gasteiger partial charge in [-0.1, -0.05) is 0 Å². The van der Waals surface area contributed by atoms with Crippen LogP contribution in [0.4, 0.5) is 9.59 Å². The van der Waals surface area contributed by atoms with Crippen LogP contribution in [0.2, 0.25) is 0 Å². The SMILES string of the molecule is C#CC[C@@H]1[C@@H](NC(=O)OC(C)(C)C)CCN1C(=O)OC(C)(C)C. The summed E-state index contributed by atoms with van der Waals surface area (Å²) in [7, 11) is 0. The van der Waals surface area contributed by atoms with Crippen molar-refractivity contribution in [3.63, 3.8) is 0 Å². The van der Waals surface area contributed by atoms with Gasteiger partial charge in [0, 0.05) is 13.0 Å². The Bertz CT molecular complexity index is 482. The van der Waals surface area contributed by atoms with E-state index in [-0.39, 0.29) is 12.1 Å². The van der Waals surface area contributed by atoms with Gasteiger partial charge < -0.3 is 19.7 Å². The molecule has 0 aliphatic carbocycles. The molecule has 2 amide bonds. The summed E-state index contributed by atoms with van der Waals surface area (Å²) in [6.07, 6.45) is 5.47. The lowest BCUT2D eigenvalue weighted by Crippen LogP contribution is -2.48. The van der Waals surface area contributed by atoms with Crippen LogP contribution >= 0.6 is 0 Å². The van der Waals surface area contributed by atoms with Gasteiger partial charge in [0.15, 0.2) is 0 Å². The average Bonchev–Trinajstić information content (AvgIpc) is 2.68. The molecule has 1 fully saturated rings. The number of alkyl carbamates (subject to hydrolysis) is 1. The van der Waals surface area contributed by atoms with Gasteiger partial charge in [0.25, 0.3) is 0 Å². The van der Waals surface area contributed by atoms with Crippen molar-refractivity contribution in [3.8, 4) is 12.3 Å². The Kier molecular flexibility index (Phi) is 5.92. The number of rotatable bonds is 2. The molecule has 23 heavy (non-hydrogen) atoms. The van der Waals surface area contributed by atoms with Crippen LogP contribution in [0.5, 0.6) is 0 Å². The minimum absolute atomic E-state index is 0.242. The Morgan fingerprint density at radius 3 is 2.22 bits per heavy atom.